The lowest BCUT2D eigenvalue weighted by atomic mass is 9.67. The van der Waals surface area contributed by atoms with E-state index in [1.165, 1.54) is 77.9 Å². The molecule has 1 heteroatoms. The van der Waals surface area contributed by atoms with Crippen LogP contribution in [0.5, 0.6) is 0 Å². The average Bonchev–Trinajstić information content (AvgIpc) is 3.89. The van der Waals surface area contributed by atoms with Gasteiger partial charge in [0.25, 0.3) is 0 Å². The summed E-state index contributed by atoms with van der Waals surface area (Å²) in [5.74, 6) is 0. The zero-order valence-corrected chi connectivity index (χ0v) is 39.6. The second-order valence-corrected chi connectivity index (χ2v) is 18.7. The van der Waals surface area contributed by atoms with Crippen molar-refractivity contribution >= 4 is 28.1 Å². The van der Waals surface area contributed by atoms with Crippen molar-refractivity contribution in [1.82, 2.24) is 0 Å². The SMILES string of the molecule is C=C(C)c1cc(-c2ccccc2)cc(-c2ccccc2)c1.C=C(N=C(C)c1ccc2c(c1)C1(C3=CCCC=C32)C2=C(C=CCC2)c2ccccc21)c1cc(-c2ccccc2)cc(-c2ccccc2)c1. The Morgan fingerprint density at radius 3 is 1.51 bits per heavy atom. The molecule has 0 saturated carbocycles. The van der Waals surface area contributed by atoms with Gasteiger partial charge in [0.1, 0.15) is 0 Å². The van der Waals surface area contributed by atoms with Gasteiger partial charge >= 0.3 is 0 Å². The Bertz CT molecular complexity index is 3330. The Hall–Kier alpha value is -8.13. The van der Waals surface area contributed by atoms with Crippen LogP contribution in [0.3, 0.4) is 0 Å². The highest BCUT2D eigenvalue weighted by Crippen LogP contribution is 2.65. The molecule has 0 saturated heterocycles. The Kier molecular flexibility index (Phi) is 11.7. The molecular weight excluding hydrogens is 831 g/mol. The summed E-state index contributed by atoms with van der Waals surface area (Å²) in [4.78, 5) is 5.21. The van der Waals surface area contributed by atoms with E-state index >= 15 is 0 Å². The van der Waals surface area contributed by atoms with Gasteiger partial charge in [-0.1, -0.05) is 201 Å². The molecule has 4 aliphatic carbocycles. The summed E-state index contributed by atoms with van der Waals surface area (Å²) in [6.07, 6.45) is 14.1. The molecule has 8 aromatic carbocycles. The molecule has 0 radical (unpaired) electrons. The molecule has 0 heterocycles. The lowest BCUT2D eigenvalue weighted by Gasteiger charge is -2.34. The first-order valence-corrected chi connectivity index (χ1v) is 24.4. The number of benzene rings is 8. The number of rotatable bonds is 8. The van der Waals surface area contributed by atoms with Crippen molar-refractivity contribution in [3.63, 3.8) is 0 Å². The molecule has 8 aromatic rings. The van der Waals surface area contributed by atoms with Gasteiger partial charge in [-0.3, -0.25) is 4.99 Å². The second-order valence-electron chi connectivity index (χ2n) is 18.7. The van der Waals surface area contributed by atoms with Crippen molar-refractivity contribution in [3.05, 3.63) is 288 Å². The molecule has 0 bridgehead atoms. The van der Waals surface area contributed by atoms with Crippen molar-refractivity contribution in [2.45, 2.75) is 44.9 Å². The first-order chi connectivity index (χ1) is 33.9. The van der Waals surface area contributed by atoms with Gasteiger partial charge in [-0.15, -0.1) is 0 Å². The summed E-state index contributed by atoms with van der Waals surface area (Å²) in [5.41, 5.74) is 27.1. The highest BCUT2D eigenvalue weighted by molar-refractivity contribution is 6.06. The monoisotopic (exact) mass is 885 g/mol. The minimum Gasteiger partial charge on any atom is -0.253 e. The summed E-state index contributed by atoms with van der Waals surface area (Å²) in [6.45, 7) is 12.8. The predicted molar refractivity (Wildman–Crippen MR) is 295 cm³/mol. The standard InChI is InChI=1S/C47H37N.C21H18/c1-31(48-32(2)36-27-37(33-15-5-3-6-16-33)29-38(28-36)34-17-7-4-8-18-34)35-25-26-42-41-21-11-14-24-45(41)47(46(42)30-35)43-22-12-9-19-39(43)40-20-10-13-23-44(40)47;1-16(2)19-13-20(17-9-5-3-6-10-17)15-21(14-19)18-11-7-4-8-12-18/h3-10,12,15-22,24-30H,2,11,13-14,23H2,1H3;3-15H,1H2,2H3. The minimum absolute atomic E-state index is 0.236. The third-order valence-electron chi connectivity index (χ3n) is 14.4. The molecule has 332 valence electrons. The molecular formula is C68H55N. The molecule has 12 rings (SSSR count). The number of nitrogens with zero attached hydrogens (tertiary/aromatic N) is 1. The van der Waals surface area contributed by atoms with Gasteiger partial charge in [0.05, 0.1) is 11.1 Å². The minimum atomic E-state index is -0.236. The van der Waals surface area contributed by atoms with E-state index in [1.54, 1.807) is 5.57 Å². The molecule has 0 fully saturated rings. The number of hydrogen-bond donors (Lipinski definition) is 0. The molecule has 69 heavy (non-hydrogen) atoms. The molecule has 4 aliphatic rings. The lowest BCUT2D eigenvalue weighted by Crippen LogP contribution is -2.28. The Morgan fingerprint density at radius 1 is 0.449 bits per heavy atom. The molecule has 1 unspecified atom stereocenters. The van der Waals surface area contributed by atoms with E-state index in [0.29, 0.717) is 0 Å². The van der Waals surface area contributed by atoms with E-state index in [2.05, 4.69) is 239 Å². The third-order valence-corrected chi connectivity index (χ3v) is 14.4. The van der Waals surface area contributed by atoms with Crippen LogP contribution in [0.1, 0.15) is 78.5 Å². The Labute approximate surface area is 408 Å². The van der Waals surface area contributed by atoms with Crippen LogP contribution in [0.2, 0.25) is 0 Å². The van der Waals surface area contributed by atoms with Gasteiger partial charge < -0.3 is 0 Å². The summed E-state index contributed by atoms with van der Waals surface area (Å²) in [5, 5.41) is 0. The number of hydrogen-bond acceptors (Lipinski definition) is 1. The maximum absolute atomic E-state index is 5.21. The molecule has 0 aliphatic heterocycles. The van der Waals surface area contributed by atoms with Crippen molar-refractivity contribution in [1.29, 1.82) is 0 Å². The van der Waals surface area contributed by atoms with Gasteiger partial charge in [0.2, 0.25) is 0 Å². The van der Waals surface area contributed by atoms with Crippen LogP contribution >= 0.6 is 0 Å². The predicted octanol–water partition coefficient (Wildman–Crippen LogP) is 18.1. The van der Waals surface area contributed by atoms with Crippen molar-refractivity contribution in [2.24, 2.45) is 4.99 Å². The van der Waals surface area contributed by atoms with E-state index < -0.39 is 0 Å². The second kappa shape index (κ2) is 18.5. The van der Waals surface area contributed by atoms with E-state index in [4.69, 9.17) is 4.99 Å². The van der Waals surface area contributed by atoms with Crippen LogP contribution in [0.25, 0.3) is 66.9 Å². The summed E-state index contributed by atoms with van der Waals surface area (Å²) in [7, 11) is 0. The third kappa shape index (κ3) is 8.04. The van der Waals surface area contributed by atoms with E-state index in [1.807, 2.05) is 12.1 Å². The van der Waals surface area contributed by atoms with Crippen LogP contribution < -0.4 is 0 Å². The van der Waals surface area contributed by atoms with Crippen molar-refractivity contribution < 1.29 is 0 Å². The zero-order chi connectivity index (χ0) is 46.9. The van der Waals surface area contributed by atoms with Crippen LogP contribution in [-0.4, -0.2) is 5.71 Å². The van der Waals surface area contributed by atoms with E-state index in [9.17, 15) is 0 Å². The molecule has 0 aromatic heterocycles. The Balaban J connectivity index is 0.000000207. The summed E-state index contributed by atoms with van der Waals surface area (Å²) < 4.78 is 0. The first-order valence-electron chi connectivity index (χ1n) is 24.4. The molecule has 1 atom stereocenters. The number of aliphatic imine (C=N–C) groups is 1. The zero-order valence-electron chi connectivity index (χ0n) is 39.6. The van der Waals surface area contributed by atoms with Crippen molar-refractivity contribution in [3.8, 4) is 44.5 Å². The van der Waals surface area contributed by atoms with Gasteiger partial charge in [-0.05, 0) is 182 Å². The normalized spacial score (nSPS) is 16.3. The maximum atomic E-state index is 5.21. The summed E-state index contributed by atoms with van der Waals surface area (Å²) >= 11 is 0. The van der Waals surface area contributed by atoms with Crippen LogP contribution in [0, 0.1) is 0 Å². The number of fused-ring (bicyclic) bond motifs is 9. The van der Waals surface area contributed by atoms with Crippen LogP contribution in [0.15, 0.2) is 254 Å². The smallest absolute Gasteiger partial charge is 0.0685 e. The van der Waals surface area contributed by atoms with Crippen LogP contribution in [0.4, 0.5) is 0 Å². The quantitative estimate of drug-likeness (QED) is 0.135. The van der Waals surface area contributed by atoms with Crippen LogP contribution in [-0.2, 0) is 5.41 Å². The van der Waals surface area contributed by atoms with Gasteiger partial charge in [0, 0.05) is 11.3 Å². The highest BCUT2D eigenvalue weighted by atomic mass is 14.8. The lowest BCUT2D eigenvalue weighted by molar-refractivity contribution is 0.708. The fourth-order valence-electron chi connectivity index (χ4n) is 11.1. The van der Waals surface area contributed by atoms with Gasteiger partial charge in [-0.2, -0.15) is 0 Å². The summed E-state index contributed by atoms with van der Waals surface area (Å²) in [6, 6.07) is 71.7. The van der Waals surface area contributed by atoms with Gasteiger partial charge in [0.15, 0.2) is 0 Å². The largest absolute Gasteiger partial charge is 0.253 e. The van der Waals surface area contributed by atoms with E-state index in [0.717, 1.165) is 64.9 Å². The fraction of sp³-hybridized carbons (Fsp3) is 0.103. The fourth-order valence-corrected chi connectivity index (χ4v) is 11.1. The number of allylic oxidation sites excluding steroid dienone is 9. The first kappa shape index (κ1) is 43.4. The molecule has 1 nitrogen and oxygen atoms in total. The van der Waals surface area contributed by atoms with Crippen molar-refractivity contribution in [2.75, 3.05) is 0 Å². The Morgan fingerprint density at radius 2 is 0.957 bits per heavy atom. The topological polar surface area (TPSA) is 12.4 Å². The molecule has 1 spiro atoms. The van der Waals surface area contributed by atoms with E-state index in [-0.39, 0.29) is 5.41 Å². The van der Waals surface area contributed by atoms with Gasteiger partial charge in [-0.25, -0.2) is 0 Å². The molecule has 0 amide bonds. The molecule has 0 N–H and O–H groups in total. The highest BCUT2D eigenvalue weighted by Gasteiger charge is 2.54. The maximum Gasteiger partial charge on any atom is 0.0685 e. The average molecular weight is 886 g/mol.